The molecule has 2 heteroatoms. The number of aryl methyl sites for hydroxylation is 1. The molecule has 2 atom stereocenters. The third kappa shape index (κ3) is 2.05. The minimum atomic E-state index is -0.105. The van der Waals surface area contributed by atoms with Gasteiger partial charge in [0, 0.05) is 16.6 Å². The first-order valence-electron chi connectivity index (χ1n) is 7.00. The summed E-state index contributed by atoms with van der Waals surface area (Å²) in [5, 5.41) is 11.4. The molecule has 0 saturated heterocycles. The van der Waals surface area contributed by atoms with E-state index in [9.17, 15) is 5.11 Å². The summed E-state index contributed by atoms with van der Waals surface area (Å²) < 4.78 is 0. The molecule has 1 aliphatic carbocycles. The summed E-state index contributed by atoms with van der Waals surface area (Å²) in [6, 6.07) is 8.47. The number of fused-ring (bicyclic) bond motifs is 1. The number of aliphatic hydroxyl groups is 1. The molecule has 0 amide bonds. The summed E-state index contributed by atoms with van der Waals surface area (Å²) in [6.07, 6.45) is 5.50. The first kappa shape index (κ1) is 11.8. The Labute approximate surface area is 108 Å². The minimum Gasteiger partial charge on any atom is -0.393 e. The molecule has 0 bridgehead atoms. The smallest absolute Gasteiger partial charge is 0.0571 e. The van der Waals surface area contributed by atoms with Gasteiger partial charge in [0.1, 0.15) is 0 Å². The Balaban J connectivity index is 1.92. The van der Waals surface area contributed by atoms with Crippen molar-refractivity contribution in [2.45, 2.75) is 45.1 Å². The molecule has 3 rings (SSSR count). The molecule has 2 aromatic rings. The second kappa shape index (κ2) is 4.77. The van der Waals surface area contributed by atoms with Crippen molar-refractivity contribution in [3.63, 3.8) is 0 Å². The van der Waals surface area contributed by atoms with E-state index in [1.165, 1.54) is 41.4 Å². The Kier molecular flexibility index (Phi) is 3.13. The normalized spacial score (nSPS) is 24.6. The summed E-state index contributed by atoms with van der Waals surface area (Å²) in [6.45, 7) is 2.14. The van der Waals surface area contributed by atoms with Crippen molar-refractivity contribution in [2.75, 3.05) is 0 Å². The number of benzene rings is 1. The summed E-state index contributed by atoms with van der Waals surface area (Å²) >= 11 is 0. The van der Waals surface area contributed by atoms with E-state index in [2.05, 4.69) is 36.2 Å². The van der Waals surface area contributed by atoms with E-state index in [-0.39, 0.29) is 6.10 Å². The van der Waals surface area contributed by atoms with Gasteiger partial charge in [-0.2, -0.15) is 0 Å². The van der Waals surface area contributed by atoms with Gasteiger partial charge in [0.05, 0.1) is 6.10 Å². The predicted molar refractivity (Wildman–Crippen MR) is 74.7 cm³/mol. The van der Waals surface area contributed by atoms with Crippen LogP contribution in [0.4, 0.5) is 0 Å². The molecule has 0 aliphatic heterocycles. The first-order valence-corrected chi connectivity index (χ1v) is 7.00. The molecule has 2 unspecified atom stereocenters. The van der Waals surface area contributed by atoms with E-state index < -0.39 is 0 Å². The Morgan fingerprint density at radius 1 is 1.22 bits per heavy atom. The van der Waals surface area contributed by atoms with Gasteiger partial charge in [-0.25, -0.2) is 0 Å². The van der Waals surface area contributed by atoms with Crippen molar-refractivity contribution in [1.29, 1.82) is 0 Å². The highest BCUT2D eigenvalue weighted by atomic mass is 16.3. The highest BCUT2D eigenvalue weighted by Gasteiger charge is 2.24. The largest absolute Gasteiger partial charge is 0.393 e. The number of para-hydroxylation sites is 1. The minimum absolute atomic E-state index is 0.105. The lowest BCUT2D eigenvalue weighted by atomic mass is 9.82. The van der Waals surface area contributed by atoms with Crippen LogP contribution in [0.1, 0.15) is 36.9 Å². The Morgan fingerprint density at radius 2 is 2.00 bits per heavy atom. The summed E-state index contributed by atoms with van der Waals surface area (Å²) in [5.41, 5.74) is 3.88. The van der Waals surface area contributed by atoms with Gasteiger partial charge in [-0.05, 0) is 43.7 Å². The lowest BCUT2D eigenvalue weighted by Gasteiger charge is -2.27. The van der Waals surface area contributed by atoms with Gasteiger partial charge in [-0.1, -0.05) is 31.0 Å². The van der Waals surface area contributed by atoms with Crippen LogP contribution in [-0.2, 0) is 6.42 Å². The van der Waals surface area contributed by atoms with Gasteiger partial charge in [0.25, 0.3) is 0 Å². The van der Waals surface area contributed by atoms with E-state index in [0.717, 1.165) is 12.8 Å². The van der Waals surface area contributed by atoms with Crippen LogP contribution in [0.2, 0.25) is 0 Å². The SMILES string of the molecule is Cc1[nH]c2ccccc2c1CC1CCCCC1O. The van der Waals surface area contributed by atoms with Gasteiger partial charge in [0.2, 0.25) is 0 Å². The zero-order chi connectivity index (χ0) is 12.5. The molecule has 0 spiro atoms. The molecule has 0 radical (unpaired) electrons. The molecule has 1 aliphatic rings. The molecule has 1 aromatic heterocycles. The molecule has 18 heavy (non-hydrogen) atoms. The maximum Gasteiger partial charge on any atom is 0.0571 e. The van der Waals surface area contributed by atoms with E-state index >= 15 is 0 Å². The fraction of sp³-hybridized carbons (Fsp3) is 0.500. The topological polar surface area (TPSA) is 36.0 Å². The van der Waals surface area contributed by atoms with Crippen LogP contribution in [0.25, 0.3) is 10.9 Å². The zero-order valence-corrected chi connectivity index (χ0v) is 10.9. The summed E-state index contributed by atoms with van der Waals surface area (Å²) in [5.74, 6) is 0.441. The average molecular weight is 243 g/mol. The van der Waals surface area contributed by atoms with Crippen molar-refractivity contribution in [1.82, 2.24) is 4.98 Å². The molecule has 2 nitrogen and oxygen atoms in total. The van der Waals surface area contributed by atoms with Crippen LogP contribution in [-0.4, -0.2) is 16.2 Å². The van der Waals surface area contributed by atoms with E-state index in [1.54, 1.807) is 0 Å². The lowest BCUT2D eigenvalue weighted by Crippen LogP contribution is -2.26. The number of hydrogen-bond acceptors (Lipinski definition) is 1. The number of hydrogen-bond donors (Lipinski definition) is 2. The Morgan fingerprint density at radius 3 is 2.83 bits per heavy atom. The Hall–Kier alpha value is -1.28. The van der Waals surface area contributed by atoms with E-state index in [4.69, 9.17) is 0 Å². The molecular weight excluding hydrogens is 222 g/mol. The highest BCUT2D eigenvalue weighted by Crippen LogP contribution is 2.31. The monoisotopic (exact) mass is 243 g/mol. The quantitative estimate of drug-likeness (QED) is 0.831. The van der Waals surface area contributed by atoms with E-state index in [1.807, 2.05) is 0 Å². The lowest BCUT2D eigenvalue weighted by molar-refractivity contribution is 0.0701. The van der Waals surface area contributed by atoms with Crippen LogP contribution in [0.3, 0.4) is 0 Å². The number of aliphatic hydroxyl groups excluding tert-OH is 1. The van der Waals surface area contributed by atoms with Gasteiger partial charge in [-0.3, -0.25) is 0 Å². The van der Waals surface area contributed by atoms with Crippen LogP contribution >= 0.6 is 0 Å². The van der Waals surface area contributed by atoms with Crippen molar-refractivity contribution in [3.05, 3.63) is 35.5 Å². The van der Waals surface area contributed by atoms with Crippen LogP contribution in [0.5, 0.6) is 0 Å². The average Bonchev–Trinajstić information content (AvgIpc) is 2.69. The molecule has 96 valence electrons. The molecule has 1 fully saturated rings. The van der Waals surface area contributed by atoms with Crippen molar-refractivity contribution >= 4 is 10.9 Å². The van der Waals surface area contributed by atoms with E-state index in [0.29, 0.717) is 5.92 Å². The molecule has 2 N–H and O–H groups in total. The Bertz CT molecular complexity index is 543. The number of rotatable bonds is 2. The zero-order valence-electron chi connectivity index (χ0n) is 10.9. The molecule has 1 heterocycles. The number of nitrogens with one attached hydrogen (secondary N) is 1. The third-order valence-corrected chi connectivity index (χ3v) is 4.36. The fourth-order valence-electron chi connectivity index (χ4n) is 3.29. The maximum atomic E-state index is 10.1. The van der Waals surface area contributed by atoms with Crippen LogP contribution < -0.4 is 0 Å². The second-order valence-corrected chi connectivity index (χ2v) is 5.59. The third-order valence-electron chi connectivity index (χ3n) is 4.36. The predicted octanol–water partition coefficient (Wildman–Crippen LogP) is 3.57. The summed E-state index contributed by atoms with van der Waals surface area (Å²) in [7, 11) is 0. The molecule has 1 saturated carbocycles. The molecule has 1 aromatic carbocycles. The standard InChI is InChI=1S/C16H21NO/c1-11-14(10-12-6-2-5-9-16(12)18)13-7-3-4-8-15(13)17-11/h3-4,7-8,12,16-18H,2,5-6,9-10H2,1H3. The van der Waals surface area contributed by atoms with Gasteiger partial charge >= 0.3 is 0 Å². The van der Waals surface area contributed by atoms with Crippen molar-refractivity contribution in [3.8, 4) is 0 Å². The number of aromatic amines is 1. The fourth-order valence-corrected chi connectivity index (χ4v) is 3.29. The van der Waals surface area contributed by atoms with Gasteiger partial charge in [0.15, 0.2) is 0 Å². The molecular formula is C16H21NO. The number of H-pyrrole nitrogens is 1. The highest BCUT2D eigenvalue weighted by molar-refractivity contribution is 5.84. The van der Waals surface area contributed by atoms with Gasteiger partial charge in [-0.15, -0.1) is 0 Å². The second-order valence-electron chi connectivity index (χ2n) is 5.59. The first-order chi connectivity index (χ1) is 8.75. The summed E-state index contributed by atoms with van der Waals surface area (Å²) in [4.78, 5) is 3.45. The van der Waals surface area contributed by atoms with Crippen molar-refractivity contribution < 1.29 is 5.11 Å². The van der Waals surface area contributed by atoms with Crippen LogP contribution in [0.15, 0.2) is 24.3 Å². The number of aromatic nitrogens is 1. The van der Waals surface area contributed by atoms with Gasteiger partial charge < -0.3 is 10.1 Å². The van der Waals surface area contributed by atoms with Crippen LogP contribution in [0, 0.1) is 12.8 Å². The maximum absolute atomic E-state index is 10.1. The van der Waals surface area contributed by atoms with Crippen molar-refractivity contribution in [2.24, 2.45) is 5.92 Å².